The highest BCUT2D eigenvalue weighted by Crippen LogP contribution is 2.24. The Hall–Kier alpha value is -1.67. The van der Waals surface area contributed by atoms with Gasteiger partial charge in [-0.15, -0.1) is 0 Å². The summed E-state index contributed by atoms with van der Waals surface area (Å²) in [6.45, 7) is 9.79. The monoisotopic (exact) mass is 365 g/mol. The van der Waals surface area contributed by atoms with Gasteiger partial charge in [-0.2, -0.15) is 0 Å². The number of thioether (sulfide) groups is 1. The molecule has 1 fully saturated rings. The van der Waals surface area contributed by atoms with Crippen LogP contribution in [0.3, 0.4) is 0 Å². The first kappa shape index (κ1) is 18.1. The molecule has 8 heteroatoms. The van der Waals surface area contributed by atoms with Crippen LogP contribution >= 0.6 is 11.8 Å². The van der Waals surface area contributed by atoms with E-state index in [0.29, 0.717) is 22.6 Å². The van der Waals surface area contributed by atoms with Crippen molar-refractivity contribution in [3.05, 3.63) is 29.4 Å². The zero-order valence-electron chi connectivity index (χ0n) is 15.1. The minimum atomic E-state index is -0.315. The van der Waals surface area contributed by atoms with Crippen LogP contribution in [0.1, 0.15) is 36.9 Å². The van der Waals surface area contributed by atoms with Gasteiger partial charge in [0, 0.05) is 38.6 Å². The second-order valence-corrected chi connectivity index (χ2v) is 7.29. The quantitative estimate of drug-likeness (QED) is 0.596. The highest BCUT2D eigenvalue weighted by atomic mass is 32.2. The van der Waals surface area contributed by atoms with E-state index < -0.39 is 0 Å². The highest BCUT2D eigenvalue weighted by Gasteiger charge is 2.24. The van der Waals surface area contributed by atoms with Gasteiger partial charge in [-0.05, 0) is 13.2 Å². The molecule has 1 aliphatic rings. The van der Waals surface area contributed by atoms with Gasteiger partial charge >= 0.3 is 0 Å². The smallest absolute Gasteiger partial charge is 0.189 e. The predicted molar refractivity (Wildman–Crippen MR) is 96.6 cm³/mol. The van der Waals surface area contributed by atoms with E-state index in [1.54, 1.807) is 6.92 Å². The standard InChI is InChI=1S/C17H24FN5OS/c1-11(2)15-13(19-10-24-15)9-22-5-7-23(8-6-22)16-14(18)12(3)20-17(21-16)25-4/h10-11H,5-9H2,1-4H3. The molecule has 3 rings (SSSR count). The third-order valence-electron chi connectivity index (χ3n) is 4.40. The lowest BCUT2D eigenvalue weighted by Crippen LogP contribution is -2.46. The van der Waals surface area contributed by atoms with Crippen molar-refractivity contribution in [3.8, 4) is 0 Å². The summed E-state index contributed by atoms with van der Waals surface area (Å²) >= 11 is 1.43. The maximum absolute atomic E-state index is 14.4. The molecule has 0 spiro atoms. The Morgan fingerprint density at radius 2 is 1.96 bits per heavy atom. The van der Waals surface area contributed by atoms with Gasteiger partial charge < -0.3 is 9.32 Å². The Kier molecular flexibility index (Phi) is 5.58. The normalized spacial score (nSPS) is 16.0. The van der Waals surface area contributed by atoms with Crippen LogP contribution in [0.5, 0.6) is 0 Å². The minimum Gasteiger partial charge on any atom is -0.448 e. The minimum absolute atomic E-state index is 0.315. The Balaban J connectivity index is 1.66. The highest BCUT2D eigenvalue weighted by molar-refractivity contribution is 7.98. The molecule has 136 valence electrons. The van der Waals surface area contributed by atoms with Crippen molar-refractivity contribution in [2.45, 2.75) is 38.4 Å². The first-order valence-corrected chi connectivity index (χ1v) is 9.69. The second kappa shape index (κ2) is 7.70. The topological polar surface area (TPSA) is 58.3 Å². The third kappa shape index (κ3) is 3.95. The number of rotatable bonds is 5. The van der Waals surface area contributed by atoms with Gasteiger partial charge in [0.1, 0.15) is 5.76 Å². The van der Waals surface area contributed by atoms with Gasteiger partial charge in [0.25, 0.3) is 0 Å². The molecular formula is C17H24FN5OS. The van der Waals surface area contributed by atoms with Crippen molar-refractivity contribution in [2.24, 2.45) is 0 Å². The van der Waals surface area contributed by atoms with E-state index in [0.717, 1.165) is 44.2 Å². The van der Waals surface area contributed by atoms with Crippen molar-refractivity contribution in [2.75, 3.05) is 37.3 Å². The lowest BCUT2D eigenvalue weighted by Gasteiger charge is -2.35. The van der Waals surface area contributed by atoms with Crippen LogP contribution in [0.2, 0.25) is 0 Å². The van der Waals surface area contributed by atoms with Crippen LogP contribution in [0, 0.1) is 12.7 Å². The molecule has 0 aromatic carbocycles. The number of anilines is 1. The van der Waals surface area contributed by atoms with Gasteiger partial charge in [-0.1, -0.05) is 25.6 Å². The summed E-state index contributed by atoms with van der Waals surface area (Å²) in [6.07, 6.45) is 3.42. The molecule has 0 saturated carbocycles. The van der Waals surface area contributed by atoms with Gasteiger partial charge in [-0.25, -0.2) is 19.3 Å². The molecule has 0 bridgehead atoms. The van der Waals surface area contributed by atoms with Crippen LogP contribution in [-0.2, 0) is 6.54 Å². The molecule has 0 amide bonds. The van der Waals surface area contributed by atoms with Crippen LogP contribution in [0.4, 0.5) is 10.2 Å². The molecule has 0 unspecified atom stereocenters. The fourth-order valence-corrected chi connectivity index (χ4v) is 3.42. The molecule has 3 heterocycles. The first-order valence-electron chi connectivity index (χ1n) is 8.47. The van der Waals surface area contributed by atoms with Crippen molar-refractivity contribution in [1.29, 1.82) is 0 Å². The molecule has 1 saturated heterocycles. The molecule has 2 aromatic rings. The van der Waals surface area contributed by atoms with Crippen molar-refractivity contribution < 1.29 is 8.81 Å². The number of aromatic nitrogens is 3. The fraction of sp³-hybridized carbons (Fsp3) is 0.588. The summed E-state index contributed by atoms with van der Waals surface area (Å²) < 4.78 is 19.9. The maximum Gasteiger partial charge on any atom is 0.189 e. The molecule has 0 radical (unpaired) electrons. The van der Waals surface area contributed by atoms with Crippen LogP contribution in [0.25, 0.3) is 0 Å². The number of oxazole rings is 1. The third-order valence-corrected chi connectivity index (χ3v) is 4.95. The summed E-state index contributed by atoms with van der Waals surface area (Å²) in [5.41, 5.74) is 1.40. The van der Waals surface area contributed by atoms with E-state index >= 15 is 0 Å². The van der Waals surface area contributed by atoms with Gasteiger partial charge in [0.05, 0.1) is 11.4 Å². The maximum atomic E-state index is 14.4. The zero-order chi connectivity index (χ0) is 18.0. The molecule has 0 atom stereocenters. The SMILES string of the molecule is CSc1nc(C)c(F)c(N2CCN(Cc3ncoc3C(C)C)CC2)n1. The number of aryl methyl sites for hydroxylation is 1. The van der Waals surface area contributed by atoms with E-state index in [2.05, 4.69) is 33.7 Å². The molecule has 2 aromatic heterocycles. The Bertz CT molecular complexity index is 728. The van der Waals surface area contributed by atoms with E-state index in [-0.39, 0.29) is 5.82 Å². The van der Waals surface area contributed by atoms with Gasteiger partial charge in [-0.3, -0.25) is 4.90 Å². The van der Waals surface area contributed by atoms with Crippen molar-refractivity contribution in [1.82, 2.24) is 19.9 Å². The van der Waals surface area contributed by atoms with E-state index in [4.69, 9.17) is 4.42 Å². The lowest BCUT2D eigenvalue weighted by molar-refractivity contribution is 0.244. The summed E-state index contributed by atoms with van der Waals surface area (Å²) in [7, 11) is 0. The molecule has 25 heavy (non-hydrogen) atoms. The number of nitrogens with zero attached hydrogens (tertiary/aromatic N) is 5. The largest absolute Gasteiger partial charge is 0.448 e. The van der Waals surface area contributed by atoms with Crippen LogP contribution < -0.4 is 4.90 Å². The fourth-order valence-electron chi connectivity index (χ4n) is 3.02. The molecule has 0 aliphatic carbocycles. The Morgan fingerprint density at radius 3 is 2.60 bits per heavy atom. The van der Waals surface area contributed by atoms with E-state index in [1.807, 2.05) is 11.2 Å². The summed E-state index contributed by atoms with van der Waals surface area (Å²) in [5, 5.41) is 0.612. The van der Waals surface area contributed by atoms with Crippen LogP contribution in [-0.4, -0.2) is 52.3 Å². The van der Waals surface area contributed by atoms with Crippen molar-refractivity contribution >= 4 is 17.6 Å². The molecule has 1 aliphatic heterocycles. The Labute approximate surface area is 151 Å². The van der Waals surface area contributed by atoms with E-state index in [9.17, 15) is 4.39 Å². The summed E-state index contributed by atoms with van der Waals surface area (Å²) in [6, 6.07) is 0. The number of halogens is 1. The summed E-state index contributed by atoms with van der Waals surface area (Å²) in [5.74, 6) is 1.37. The first-order chi connectivity index (χ1) is 12.0. The second-order valence-electron chi connectivity index (χ2n) is 6.51. The summed E-state index contributed by atoms with van der Waals surface area (Å²) in [4.78, 5) is 17.2. The average molecular weight is 365 g/mol. The molecular weight excluding hydrogens is 341 g/mol. The van der Waals surface area contributed by atoms with Crippen LogP contribution in [0.15, 0.2) is 16.0 Å². The number of piperazine rings is 1. The molecule has 6 nitrogen and oxygen atoms in total. The van der Waals surface area contributed by atoms with Gasteiger partial charge in [0.2, 0.25) is 0 Å². The predicted octanol–water partition coefficient (Wildman–Crippen LogP) is 3.08. The Morgan fingerprint density at radius 1 is 1.24 bits per heavy atom. The van der Waals surface area contributed by atoms with E-state index in [1.165, 1.54) is 18.2 Å². The zero-order valence-corrected chi connectivity index (χ0v) is 15.9. The molecule has 0 N–H and O–H groups in total. The number of hydrogen-bond acceptors (Lipinski definition) is 7. The average Bonchev–Trinajstić information content (AvgIpc) is 3.06. The van der Waals surface area contributed by atoms with Gasteiger partial charge in [0.15, 0.2) is 23.2 Å². The van der Waals surface area contributed by atoms with Crippen molar-refractivity contribution in [3.63, 3.8) is 0 Å². The number of hydrogen-bond donors (Lipinski definition) is 0. The lowest BCUT2D eigenvalue weighted by atomic mass is 10.1.